The van der Waals surface area contributed by atoms with Crippen LogP contribution in [0.4, 0.5) is 4.39 Å². The predicted octanol–water partition coefficient (Wildman–Crippen LogP) is 3.41. The largest absolute Gasteiger partial charge is 0.294 e. The van der Waals surface area contributed by atoms with Crippen molar-refractivity contribution in [3.8, 4) is 0 Å². The van der Waals surface area contributed by atoms with Crippen LogP contribution < -0.4 is 0 Å². The zero-order valence-corrected chi connectivity index (χ0v) is 9.58. The van der Waals surface area contributed by atoms with Gasteiger partial charge >= 0.3 is 0 Å². The molecule has 0 bridgehead atoms. The molecule has 15 heavy (non-hydrogen) atoms. The molecule has 1 aromatic rings. The monoisotopic (exact) mass is 244 g/mol. The van der Waals surface area contributed by atoms with E-state index in [1.54, 1.807) is 17.8 Å². The first-order valence-electron chi connectivity index (χ1n) is 4.76. The number of ketones is 1. The lowest BCUT2D eigenvalue weighted by Gasteiger charge is -2.08. The summed E-state index contributed by atoms with van der Waals surface area (Å²) in [4.78, 5) is 11.9. The molecule has 0 saturated carbocycles. The van der Waals surface area contributed by atoms with Crippen LogP contribution in [-0.2, 0) is 0 Å². The maximum atomic E-state index is 13.5. The van der Waals surface area contributed by atoms with E-state index in [4.69, 9.17) is 11.6 Å². The number of thioether (sulfide) groups is 1. The van der Waals surface area contributed by atoms with Gasteiger partial charge in [-0.25, -0.2) is 4.39 Å². The smallest absolute Gasteiger partial charge is 0.169 e. The Balaban J connectivity index is 2.28. The third kappa shape index (κ3) is 2.18. The van der Waals surface area contributed by atoms with Gasteiger partial charge in [0, 0.05) is 11.7 Å². The molecule has 1 unspecified atom stereocenters. The summed E-state index contributed by atoms with van der Waals surface area (Å²) >= 11 is 7.37. The summed E-state index contributed by atoms with van der Waals surface area (Å²) in [6, 6.07) is 4.57. The quantitative estimate of drug-likeness (QED) is 0.742. The summed E-state index contributed by atoms with van der Waals surface area (Å²) in [5.41, 5.74) is 0.134. The molecule has 1 aliphatic heterocycles. The Morgan fingerprint density at radius 2 is 2.33 bits per heavy atom. The number of hydrogen-bond acceptors (Lipinski definition) is 2. The molecular weight excluding hydrogens is 235 g/mol. The van der Waals surface area contributed by atoms with Crippen molar-refractivity contribution in [1.29, 1.82) is 0 Å². The van der Waals surface area contributed by atoms with Crippen LogP contribution in [0.3, 0.4) is 0 Å². The molecule has 1 aromatic carbocycles. The van der Waals surface area contributed by atoms with Gasteiger partial charge < -0.3 is 0 Å². The molecule has 0 aromatic heterocycles. The number of rotatable bonds is 2. The molecule has 1 atom stereocenters. The number of Topliss-reactive ketones (excluding diaryl/α,β-unsaturated/α-hetero) is 1. The molecule has 0 N–H and O–H groups in total. The Morgan fingerprint density at radius 3 is 3.00 bits per heavy atom. The third-order valence-corrected chi connectivity index (χ3v) is 3.97. The lowest BCUT2D eigenvalue weighted by molar-refractivity contribution is 0.0929. The van der Waals surface area contributed by atoms with Crippen LogP contribution in [0.15, 0.2) is 18.2 Å². The molecule has 0 spiro atoms. The molecule has 1 nitrogen and oxygen atoms in total. The molecule has 2 rings (SSSR count). The second kappa shape index (κ2) is 4.54. The van der Waals surface area contributed by atoms with E-state index in [2.05, 4.69) is 0 Å². The summed E-state index contributed by atoms with van der Waals surface area (Å²) in [6.45, 7) is 0. The van der Waals surface area contributed by atoms with Crippen LogP contribution in [-0.4, -0.2) is 17.3 Å². The minimum atomic E-state index is -0.582. The molecule has 0 radical (unpaired) electrons. The molecule has 1 fully saturated rings. The second-order valence-corrected chi connectivity index (χ2v) is 5.08. The van der Waals surface area contributed by atoms with Gasteiger partial charge in [0.05, 0.1) is 10.6 Å². The van der Waals surface area contributed by atoms with E-state index >= 15 is 0 Å². The SMILES string of the molecule is O=C(c1cccc(Cl)c1F)C1CCSC1. The zero-order valence-electron chi connectivity index (χ0n) is 8.00. The number of hydrogen-bond donors (Lipinski definition) is 0. The lowest BCUT2D eigenvalue weighted by Crippen LogP contribution is -2.15. The summed E-state index contributed by atoms with van der Waals surface area (Å²) in [6.07, 6.45) is 0.843. The highest BCUT2D eigenvalue weighted by atomic mass is 35.5. The molecule has 4 heteroatoms. The Hall–Kier alpha value is -0.540. The summed E-state index contributed by atoms with van der Waals surface area (Å²) in [5, 5.41) is 0.0199. The standard InChI is InChI=1S/C11H10ClFOS/c12-9-3-1-2-8(10(9)13)11(14)7-4-5-15-6-7/h1-3,7H,4-6H2. The first-order valence-corrected chi connectivity index (χ1v) is 6.29. The van der Waals surface area contributed by atoms with Crippen LogP contribution in [0.1, 0.15) is 16.8 Å². The van der Waals surface area contributed by atoms with E-state index < -0.39 is 5.82 Å². The average Bonchev–Trinajstić information content (AvgIpc) is 2.74. The normalized spacial score (nSPS) is 20.5. The molecule has 1 heterocycles. The van der Waals surface area contributed by atoms with Crippen molar-refractivity contribution < 1.29 is 9.18 Å². The fourth-order valence-electron chi connectivity index (χ4n) is 1.66. The van der Waals surface area contributed by atoms with Gasteiger partial charge in [0.25, 0.3) is 0 Å². The van der Waals surface area contributed by atoms with Crippen molar-refractivity contribution in [1.82, 2.24) is 0 Å². The average molecular weight is 245 g/mol. The summed E-state index contributed by atoms with van der Waals surface area (Å²) in [5.74, 6) is 1.05. The van der Waals surface area contributed by atoms with Crippen molar-refractivity contribution in [2.24, 2.45) is 5.92 Å². The Kier molecular flexibility index (Phi) is 3.32. The van der Waals surface area contributed by atoms with Gasteiger partial charge in [-0.1, -0.05) is 17.7 Å². The summed E-state index contributed by atoms with van der Waals surface area (Å²) in [7, 11) is 0. The number of carbonyl (C=O) groups is 1. The van der Waals surface area contributed by atoms with E-state index in [1.807, 2.05) is 0 Å². The maximum absolute atomic E-state index is 13.5. The van der Waals surface area contributed by atoms with E-state index in [9.17, 15) is 9.18 Å². The zero-order chi connectivity index (χ0) is 10.8. The number of halogens is 2. The minimum Gasteiger partial charge on any atom is -0.294 e. The van der Waals surface area contributed by atoms with Gasteiger partial charge in [-0.05, 0) is 24.3 Å². The molecule has 0 aliphatic carbocycles. The molecule has 80 valence electrons. The topological polar surface area (TPSA) is 17.1 Å². The highest BCUT2D eigenvalue weighted by Gasteiger charge is 2.26. The van der Waals surface area contributed by atoms with Crippen molar-refractivity contribution in [3.63, 3.8) is 0 Å². The highest BCUT2D eigenvalue weighted by Crippen LogP contribution is 2.28. The van der Waals surface area contributed by atoms with Crippen molar-refractivity contribution in [2.45, 2.75) is 6.42 Å². The third-order valence-electron chi connectivity index (χ3n) is 2.52. The Labute approximate surface area is 97.0 Å². The van der Waals surface area contributed by atoms with Crippen LogP contribution in [0.25, 0.3) is 0 Å². The van der Waals surface area contributed by atoms with E-state index in [-0.39, 0.29) is 22.3 Å². The van der Waals surface area contributed by atoms with Crippen molar-refractivity contribution in [2.75, 3.05) is 11.5 Å². The van der Waals surface area contributed by atoms with Crippen LogP contribution in [0, 0.1) is 11.7 Å². The fourth-order valence-corrected chi connectivity index (χ4v) is 3.05. The molecular formula is C11H10ClFOS. The molecule has 1 saturated heterocycles. The van der Waals surface area contributed by atoms with Gasteiger partial charge in [0.15, 0.2) is 11.6 Å². The van der Waals surface area contributed by atoms with E-state index in [1.165, 1.54) is 12.1 Å². The Bertz CT molecular complexity index is 388. The van der Waals surface area contributed by atoms with Gasteiger partial charge in [-0.3, -0.25) is 4.79 Å². The Morgan fingerprint density at radius 1 is 1.53 bits per heavy atom. The first-order chi connectivity index (χ1) is 7.20. The van der Waals surface area contributed by atoms with Gasteiger partial charge in [0.2, 0.25) is 0 Å². The molecule has 0 amide bonds. The lowest BCUT2D eigenvalue weighted by atomic mass is 9.97. The van der Waals surface area contributed by atoms with Crippen molar-refractivity contribution in [3.05, 3.63) is 34.6 Å². The predicted molar refractivity (Wildman–Crippen MR) is 61.2 cm³/mol. The van der Waals surface area contributed by atoms with Crippen LogP contribution >= 0.6 is 23.4 Å². The van der Waals surface area contributed by atoms with Crippen LogP contribution in [0.5, 0.6) is 0 Å². The number of carbonyl (C=O) groups excluding carboxylic acids is 1. The van der Waals surface area contributed by atoms with Gasteiger partial charge in [0.1, 0.15) is 0 Å². The molecule has 1 aliphatic rings. The first kappa shape index (κ1) is 11.0. The number of benzene rings is 1. The minimum absolute atomic E-state index is 0.0199. The fraction of sp³-hybridized carbons (Fsp3) is 0.364. The van der Waals surface area contributed by atoms with Crippen molar-refractivity contribution >= 4 is 29.1 Å². The van der Waals surface area contributed by atoms with Crippen LogP contribution in [0.2, 0.25) is 5.02 Å². The van der Waals surface area contributed by atoms with E-state index in [0.29, 0.717) is 0 Å². The van der Waals surface area contributed by atoms with E-state index in [0.717, 1.165) is 17.9 Å². The highest BCUT2D eigenvalue weighted by molar-refractivity contribution is 7.99. The maximum Gasteiger partial charge on any atom is 0.169 e. The van der Waals surface area contributed by atoms with Gasteiger partial charge in [-0.2, -0.15) is 11.8 Å². The van der Waals surface area contributed by atoms with Gasteiger partial charge in [-0.15, -0.1) is 0 Å². The summed E-state index contributed by atoms with van der Waals surface area (Å²) < 4.78 is 13.5. The second-order valence-electron chi connectivity index (χ2n) is 3.53.